The summed E-state index contributed by atoms with van der Waals surface area (Å²) < 4.78 is 0. The Bertz CT molecular complexity index is 428. The monoisotopic (exact) mass is 241 g/mol. The molecule has 1 fully saturated rings. The summed E-state index contributed by atoms with van der Waals surface area (Å²) in [6.07, 6.45) is 11.4. The highest BCUT2D eigenvalue weighted by atomic mass is 14.7. The van der Waals surface area contributed by atoms with Gasteiger partial charge in [-0.3, -0.25) is 0 Å². The van der Waals surface area contributed by atoms with Gasteiger partial charge in [0.25, 0.3) is 0 Å². The number of allylic oxidation sites excluding steroid dienone is 1. The summed E-state index contributed by atoms with van der Waals surface area (Å²) in [6, 6.07) is 11.2. The molecule has 1 nitrogen and oxygen atoms in total. The zero-order valence-electron chi connectivity index (χ0n) is 11.1. The van der Waals surface area contributed by atoms with Crippen LogP contribution in [0.25, 0.3) is 0 Å². The molecule has 1 unspecified atom stereocenters. The van der Waals surface area contributed by atoms with Gasteiger partial charge in [-0.25, -0.2) is 0 Å². The second-order valence-corrected chi connectivity index (χ2v) is 5.88. The van der Waals surface area contributed by atoms with Gasteiger partial charge in [0, 0.05) is 11.5 Å². The summed E-state index contributed by atoms with van der Waals surface area (Å²) in [7, 11) is 0. The van der Waals surface area contributed by atoms with E-state index in [0.29, 0.717) is 0 Å². The van der Waals surface area contributed by atoms with Gasteiger partial charge in [-0.1, -0.05) is 48.4 Å². The van der Waals surface area contributed by atoms with Crippen molar-refractivity contribution in [2.45, 2.75) is 56.4 Å². The molecule has 2 aliphatic rings. The van der Waals surface area contributed by atoms with Crippen molar-refractivity contribution in [3.8, 4) is 0 Å². The maximum absolute atomic E-state index is 6.65. The first-order chi connectivity index (χ1) is 8.83. The molecule has 0 heterocycles. The average molecular weight is 241 g/mol. The van der Waals surface area contributed by atoms with Gasteiger partial charge in [0.05, 0.1) is 0 Å². The van der Waals surface area contributed by atoms with E-state index in [1.165, 1.54) is 56.1 Å². The van der Waals surface area contributed by atoms with Crippen molar-refractivity contribution in [2.24, 2.45) is 5.73 Å². The lowest BCUT2D eigenvalue weighted by atomic mass is 9.58. The Morgan fingerprint density at radius 3 is 2.33 bits per heavy atom. The quantitative estimate of drug-likeness (QED) is 0.797. The van der Waals surface area contributed by atoms with Crippen LogP contribution in [-0.2, 0) is 5.41 Å². The summed E-state index contributed by atoms with van der Waals surface area (Å²) >= 11 is 0. The molecule has 0 aliphatic heterocycles. The van der Waals surface area contributed by atoms with E-state index in [4.69, 9.17) is 5.73 Å². The smallest absolute Gasteiger partial charge is 0.0352 e. The van der Waals surface area contributed by atoms with Crippen molar-refractivity contribution < 1.29 is 0 Å². The highest BCUT2D eigenvalue weighted by Gasteiger charge is 2.44. The first kappa shape index (κ1) is 12.0. The summed E-state index contributed by atoms with van der Waals surface area (Å²) in [4.78, 5) is 0. The maximum Gasteiger partial charge on any atom is 0.0352 e. The first-order valence-electron chi connectivity index (χ1n) is 7.33. The van der Waals surface area contributed by atoms with Crippen LogP contribution in [0.3, 0.4) is 0 Å². The van der Waals surface area contributed by atoms with E-state index in [2.05, 4.69) is 36.4 Å². The van der Waals surface area contributed by atoms with Crippen LogP contribution in [-0.4, -0.2) is 6.04 Å². The molecule has 1 saturated carbocycles. The largest absolute Gasteiger partial charge is 0.323 e. The SMILES string of the molecule is NC(C1=CCCCC1)C1(c2ccccc2)CCC1. The molecule has 1 heteroatoms. The number of benzene rings is 1. The zero-order valence-corrected chi connectivity index (χ0v) is 11.1. The fourth-order valence-electron chi connectivity index (χ4n) is 3.61. The van der Waals surface area contributed by atoms with E-state index in [9.17, 15) is 0 Å². The van der Waals surface area contributed by atoms with Crippen LogP contribution in [0.15, 0.2) is 42.0 Å². The summed E-state index contributed by atoms with van der Waals surface area (Å²) in [5.74, 6) is 0. The van der Waals surface area contributed by atoms with Crippen LogP contribution in [0.1, 0.15) is 50.5 Å². The number of nitrogens with two attached hydrogens (primary N) is 1. The molecular formula is C17H23N. The highest BCUT2D eigenvalue weighted by Crippen LogP contribution is 2.48. The molecule has 1 atom stereocenters. The first-order valence-corrected chi connectivity index (χ1v) is 7.33. The standard InChI is InChI=1S/C17H23N/c18-16(14-8-3-1-4-9-14)17(12-7-13-17)15-10-5-2-6-11-15/h2,5-6,8,10-11,16H,1,3-4,7,9,12-13,18H2. The normalized spacial score (nSPS) is 23.9. The van der Waals surface area contributed by atoms with Gasteiger partial charge in [0.15, 0.2) is 0 Å². The molecule has 3 rings (SSSR count). The number of rotatable bonds is 3. The van der Waals surface area contributed by atoms with E-state index in [1.807, 2.05) is 0 Å². The van der Waals surface area contributed by atoms with Crippen LogP contribution < -0.4 is 5.73 Å². The Hall–Kier alpha value is -1.08. The predicted molar refractivity (Wildman–Crippen MR) is 76.5 cm³/mol. The number of hydrogen-bond acceptors (Lipinski definition) is 1. The molecule has 0 saturated heterocycles. The van der Waals surface area contributed by atoms with Gasteiger partial charge in [-0.15, -0.1) is 0 Å². The Kier molecular flexibility index (Phi) is 3.25. The Morgan fingerprint density at radius 2 is 1.78 bits per heavy atom. The van der Waals surface area contributed by atoms with Gasteiger partial charge in [0.1, 0.15) is 0 Å². The summed E-state index contributed by atoms with van der Waals surface area (Å²) in [5, 5.41) is 0. The third kappa shape index (κ3) is 1.91. The third-order valence-electron chi connectivity index (χ3n) is 4.92. The second-order valence-electron chi connectivity index (χ2n) is 5.88. The molecule has 1 aromatic carbocycles. The van der Waals surface area contributed by atoms with Crippen molar-refractivity contribution in [3.63, 3.8) is 0 Å². The predicted octanol–water partition coefficient (Wildman–Crippen LogP) is 3.94. The molecule has 2 aliphatic carbocycles. The lowest BCUT2D eigenvalue weighted by Crippen LogP contribution is -2.51. The van der Waals surface area contributed by atoms with Crippen LogP contribution in [0, 0.1) is 0 Å². The Balaban J connectivity index is 1.90. The molecule has 18 heavy (non-hydrogen) atoms. The van der Waals surface area contributed by atoms with Crippen molar-refractivity contribution in [1.82, 2.24) is 0 Å². The van der Waals surface area contributed by atoms with Gasteiger partial charge >= 0.3 is 0 Å². The fraction of sp³-hybridized carbons (Fsp3) is 0.529. The molecule has 96 valence electrons. The number of hydrogen-bond donors (Lipinski definition) is 1. The molecule has 0 radical (unpaired) electrons. The lowest BCUT2D eigenvalue weighted by molar-refractivity contribution is 0.209. The van der Waals surface area contributed by atoms with E-state index in [-0.39, 0.29) is 11.5 Å². The van der Waals surface area contributed by atoms with Crippen molar-refractivity contribution in [3.05, 3.63) is 47.5 Å². The van der Waals surface area contributed by atoms with Gasteiger partial charge in [-0.2, -0.15) is 0 Å². The molecule has 0 aromatic heterocycles. The average Bonchev–Trinajstić information content (AvgIpc) is 2.40. The lowest BCUT2D eigenvalue weighted by Gasteiger charge is -2.48. The van der Waals surface area contributed by atoms with Gasteiger partial charge in [-0.05, 0) is 44.1 Å². The van der Waals surface area contributed by atoms with Crippen LogP contribution in [0.5, 0.6) is 0 Å². The zero-order chi connectivity index (χ0) is 12.4. The fourth-order valence-corrected chi connectivity index (χ4v) is 3.61. The van der Waals surface area contributed by atoms with Crippen molar-refractivity contribution in [1.29, 1.82) is 0 Å². The second kappa shape index (κ2) is 4.89. The van der Waals surface area contributed by atoms with E-state index in [0.717, 1.165) is 0 Å². The third-order valence-corrected chi connectivity index (χ3v) is 4.92. The molecule has 1 aromatic rings. The topological polar surface area (TPSA) is 26.0 Å². The minimum absolute atomic E-state index is 0.241. The minimum Gasteiger partial charge on any atom is -0.323 e. The van der Waals surface area contributed by atoms with Gasteiger partial charge in [0.2, 0.25) is 0 Å². The minimum atomic E-state index is 0.241. The van der Waals surface area contributed by atoms with E-state index in [1.54, 1.807) is 0 Å². The van der Waals surface area contributed by atoms with Crippen LogP contribution >= 0.6 is 0 Å². The molecular weight excluding hydrogens is 218 g/mol. The van der Waals surface area contributed by atoms with Crippen LogP contribution in [0.4, 0.5) is 0 Å². The van der Waals surface area contributed by atoms with Crippen molar-refractivity contribution in [2.75, 3.05) is 0 Å². The van der Waals surface area contributed by atoms with Crippen LogP contribution in [0.2, 0.25) is 0 Å². The molecule has 0 amide bonds. The van der Waals surface area contributed by atoms with Gasteiger partial charge < -0.3 is 5.73 Å². The van der Waals surface area contributed by atoms with E-state index < -0.39 is 0 Å². The Morgan fingerprint density at radius 1 is 1.00 bits per heavy atom. The summed E-state index contributed by atoms with van der Waals surface area (Å²) in [6.45, 7) is 0. The molecule has 2 N–H and O–H groups in total. The highest BCUT2D eigenvalue weighted by molar-refractivity contribution is 5.35. The van der Waals surface area contributed by atoms with Crippen molar-refractivity contribution >= 4 is 0 Å². The maximum atomic E-state index is 6.65. The molecule has 0 bridgehead atoms. The Labute approximate surface area is 110 Å². The van der Waals surface area contributed by atoms with E-state index >= 15 is 0 Å². The molecule has 0 spiro atoms. The summed E-state index contributed by atoms with van der Waals surface area (Å²) in [5.41, 5.74) is 9.87.